The highest BCUT2D eigenvalue weighted by atomic mass is 79.9. The second kappa shape index (κ2) is 5.55. The Morgan fingerprint density at radius 3 is 2.44 bits per heavy atom. The molecule has 0 bridgehead atoms. The number of hydrogen-bond donors (Lipinski definition) is 0. The zero-order valence-corrected chi connectivity index (χ0v) is 8.37. The molecule has 0 N–H and O–H groups in total. The summed E-state index contributed by atoms with van der Waals surface area (Å²) in [5, 5.41) is 0. The van der Waals surface area contributed by atoms with Gasteiger partial charge in [0.2, 0.25) is 0 Å². The molecule has 0 heterocycles. The minimum Gasteiger partial charge on any atom is -0.110 e. The van der Waals surface area contributed by atoms with Crippen LogP contribution < -0.4 is 0 Å². The van der Waals surface area contributed by atoms with Gasteiger partial charge in [0, 0.05) is 0 Å². The molecule has 0 radical (unpaired) electrons. The maximum absolute atomic E-state index is 5.78. The van der Waals surface area contributed by atoms with Crippen LogP contribution in [-0.4, -0.2) is 4.29 Å². The van der Waals surface area contributed by atoms with Crippen molar-refractivity contribution >= 4 is 27.5 Å². The third kappa shape index (κ3) is 5.23. The summed E-state index contributed by atoms with van der Waals surface area (Å²) in [7, 11) is 0. The molecule has 0 spiro atoms. The van der Waals surface area contributed by atoms with E-state index >= 15 is 0 Å². The second-order valence-electron chi connectivity index (χ2n) is 2.45. The smallest absolute Gasteiger partial charge is 0.0911 e. The van der Waals surface area contributed by atoms with E-state index in [0.29, 0.717) is 5.92 Å². The van der Waals surface area contributed by atoms with E-state index in [1.165, 1.54) is 19.3 Å². The molecule has 0 aliphatic carbocycles. The standard InChI is InChI=1S/C7H14BrCl/c1-3-4-5-6(2)7(8)9/h6-7H,3-5H2,1-2H3. The molecule has 0 aromatic heterocycles. The van der Waals surface area contributed by atoms with Crippen molar-refractivity contribution in [2.24, 2.45) is 5.92 Å². The monoisotopic (exact) mass is 212 g/mol. The molecule has 0 aliphatic rings. The van der Waals surface area contributed by atoms with Crippen molar-refractivity contribution in [3.63, 3.8) is 0 Å². The Balaban J connectivity index is 3.16. The van der Waals surface area contributed by atoms with E-state index in [9.17, 15) is 0 Å². The first kappa shape index (κ1) is 9.77. The van der Waals surface area contributed by atoms with Gasteiger partial charge in [0.05, 0.1) is 4.29 Å². The van der Waals surface area contributed by atoms with Gasteiger partial charge in [-0.2, -0.15) is 0 Å². The van der Waals surface area contributed by atoms with Crippen LogP contribution in [0.4, 0.5) is 0 Å². The summed E-state index contributed by atoms with van der Waals surface area (Å²) in [5.74, 6) is 0.603. The molecule has 2 atom stereocenters. The summed E-state index contributed by atoms with van der Waals surface area (Å²) >= 11 is 9.12. The molecule has 0 aromatic rings. The minimum absolute atomic E-state index is 0.157. The Bertz CT molecular complexity index is 63.9. The van der Waals surface area contributed by atoms with E-state index in [1.807, 2.05) is 0 Å². The first-order valence-electron chi connectivity index (χ1n) is 3.46. The van der Waals surface area contributed by atoms with Gasteiger partial charge in [0.15, 0.2) is 0 Å². The first-order valence-corrected chi connectivity index (χ1v) is 4.81. The van der Waals surface area contributed by atoms with E-state index in [2.05, 4.69) is 29.8 Å². The van der Waals surface area contributed by atoms with Crippen molar-refractivity contribution in [2.45, 2.75) is 37.4 Å². The highest BCUT2D eigenvalue weighted by molar-refractivity contribution is 9.10. The quantitative estimate of drug-likeness (QED) is 0.624. The van der Waals surface area contributed by atoms with Crippen LogP contribution in [0.5, 0.6) is 0 Å². The normalized spacial score (nSPS) is 17.3. The fourth-order valence-corrected chi connectivity index (χ4v) is 1.04. The average Bonchev–Trinajstić information content (AvgIpc) is 1.82. The van der Waals surface area contributed by atoms with E-state index in [4.69, 9.17) is 11.6 Å². The molecule has 2 unspecified atom stereocenters. The molecule has 2 heteroatoms. The number of halogens is 2. The van der Waals surface area contributed by atoms with Crippen LogP contribution in [0.25, 0.3) is 0 Å². The van der Waals surface area contributed by atoms with Gasteiger partial charge in [-0.3, -0.25) is 0 Å². The van der Waals surface area contributed by atoms with Crippen LogP contribution >= 0.6 is 27.5 Å². The zero-order valence-electron chi connectivity index (χ0n) is 6.03. The van der Waals surface area contributed by atoms with Gasteiger partial charge in [-0.05, 0) is 12.3 Å². The van der Waals surface area contributed by atoms with Gasteiger partial charge in [0.25, 0.3) is 0 Å². The Morgan fingerprint density at radius 2 is 2.11 bits per heavy atom. The fourth-order valence-electron chi connectivity index (χ4n) is 0.652. The molecule has 0 rings (SSSR count). The lowest BCUT2D eigenvalue weighted by Gasteiger charge is -2.10. The lowest BCUT2D eigenvalue weighted by atomic mass is 10.1. The van der Waals surface area contributed by atoms with E-state index < -0.39 is 0 Å². The van der Waals surface area contributed by atoms with Crippen LogP contribution in [-0.2, 0) is 0 Å². The highest BCUT2D eigenvalue weighted by Gasteiger charge is 2.08. The van der Waals surface area contributed by atoms with Gasteiger partial charge in [-0.15, -0.1) is 11.6 Å². The molecule has 56 valence electrons. The van der Waals surface area contributed by atoms with Crippen molar-refractivity contribution < 1.29 is 0 Å². The molecular formula is C7H14BrCl. The van der Waals surface area contributed by atoms with Crippen molar-refractivity contribution in [2.75, 3.05) is 0 Å². The summed E-state index contributed by atoms with van der Waals surface area (Å²) < 4.78 is 0.157. The molecule has 9 heavy (non-hydrogen) atoms. The number of rotatable bonds is 4. The number of unbranched alkanes of at least 4 members (excludes halogenated alkanes) is 1. The van der Waals surface area contributed by atoms with E-state index in [-0.39, 0.29) is 4.29 Å². The minimum atomic E-state index is 0.157. The third-order valence-corrected chi connectivity index (χ3v) is 2.78. The van der Waals surface area contributed by atoms with Crippen molar-refractivity contribution in [1.82, 2.24) is 0 Å². The van der Waals surface area contributed by atoms with Crippen molar-refractivity contribution in [1.29, 1.82) is 0 Å². The van der Waals surface area contributed by atoms with Crippen molar-refractivity contribution in [3.05, 3.63) is 0 Å². The summed E-state index contributed by atoms with van der Waals surface area (Å²) in [6.45, 7) is 4.37. The van der Waals surface area contributed by atoms with Crippen LogP contribution in [0, 0.1) is 5.92 Å². The molecule has 0 amide bonds. The van der Waals surface area contributed by atoms with E-state index in [0.717, 1.165) is 0 Å². The predicted molar refractivity (Wildman–Crippen MR) is 47.3 cm³/mol. The Hall–Kier alpha value is 0.770. The molecular weight excluding hydrogens is 199 g/mol. The van der Waals surface area contributed by atoms with Gasteiger partial charge < -0.3 is 0 Å². The zero-order chi connectivity index (χ0) is 7.28. The summed E-state index contributed by atoms with van der Waals surface area (Å²) in [5.41, 5.74) is 0. The van der Waals surface area contributed by atoms with Gasteiger partial charge in [0.1, 0.15) is 0 Å². The van der Waals surface area contributed by atoms with Gasteiger partial charge in [-0.25, -0.2) is 0 Å². The maximum atomic E-state index is 5.78. The van der Waals surface area contributed by atoms with Crippen LogP contribution in [0.15, 0.2) is 0 Å². The summed E-state index contributed by atoms with van der Waals surface area (Å²) in [6.07, 6.45) is 3.78. The van der Waals surface area contributed by atoms with Crippen molar-refractivity contribution in [3.8, 4) is 0 Å². The average molecular weight is 214 g/mol. The highest BCUT2D eigenvalue weighted by Crippen LogP contribution is 2.21. The Morgan fingerprint density at radius 1 is 1.56 bits per heavy atom. The molecule has 0 nitrogen and oxygen atoms in total. The molecule has 0 saturated heterocycles. The van der Waals surface area contributed by atoms with Crippen LogP contribution in [0.1, 0.15) is 33.1 Å². The summed E-state index contributed by atoms with van der Waals surface area (Å²) in [6, 6.07) is 0. The first-order chi connectivity index (χ1) is 4.18. The number of hydrogen-bond acceptors (Lipinski definition) is 0. The van der Waals surface area contributed by atoms with Gasteiger partial charge >= 0.3 is 0 Å². The molecule has 0 aromatic carbocycles. The lowest BCUT2D eigenvalue weighted by Crippen LogP contribution is -2.02. The third-order valence-electron chi connectivity index (χ3n) is 1.44. The molecule has 0 aliphatic heterocycles. The molecule has 0 fully saturated rings. The van der Waals surface area contributed by atoms with Crippen LogP contribution in [0.2, 0.25) is 0 Å². The lowest BCUT2D eigenvalue weighted by molar-refractivity contribution is 0.542. The maximum Gasteiger partial charge on any atom is 0.0911 e. The Labute approximate surface area is 71.1 Å². The number of alkyl halides is 2. The predicted octanol–water partition coefficient (Wildman–Crippen LogP) is 3.77. The SMILES string of the molecule is CCCCC(C)C(Cl)Br. The Kier molecular flexibility index (Phi) is 6.02. The topological polar surface area (TPSA) is 0 Å². The van der Waals surface area contributed by atoms with E-state index in [1.54, 1.807) is 0 Å². The van der Waals surface area contributed by atoms with Gasteiger partial charge in [-0.1, -0.05) is 42.6 Å². The second-order valence-corrected chi connectivity index (χ2v) is 4.44. The molecule has 0 saturated carbocycles. The fraction of sp³-hybridized carbons (Fsp3) is 1.00. The summed E-state index contributed by atoms with van der Waals surface area (Å²) in [4.78, 5) is 0. The van der Waals surface area contributed by atoms with Crippen LogP contribution in [0.3, 0.4) is 0 Å². The largest absolute Gasteiger partial charge is 0.110 e.